The highest BCUT2D eigenvalue weighted by Gasteiger charge is 2.25. The third-order valence-electron chi connectivity index (χ3n) is 4.41. The minimum Gasteiger partial charge on any atom is -0.463 e. The van der Waals surface area contributed by atoms with E-state index in [0.717, 1.165) is 38.5 Å². The fourth-order valence-corrected chi connectivity index (χ4v) is 2.98. The lowest BCUT2D eigenvalue weighted by molar-refractivity contribution is -0.147. The number of carbonyl (C=O) groups excluding carboxylic acids is 1. The molecule has 3 heteroatoms. The van der Waals surface area contributed by atoms with E-state index in [1.165, 1.54) is 32.1 Å². The predicted octanol–water partition coefficient (Wildman–Crippen LogP) is 5.57. The molecular formula is C20H36O3. The van der Waals surface area contributed by atoms with Crippen LogP contribution in [0.2, 0.25) is 0 Å². The first-order chi connectivity index (χ1) is 11.3. The zero-order valence-corrected chi connectivity index (χ0v) is 15.2. The smallest absolute Gasteiger partial charge is 0.305 e. The van der Waals surface area contributed by atoms with Gasteiger partial charge < -0.3 is 9.47 Å². The van der Waals surface area contributed by atoms with Crippen LogP contribution >= 0.6 is 0 Å². The molecule has 1 aliphatic heterocycles. The van der Waals surface area contributed by atoms with Crippen molar-refractivity contribution in [1.29, 1.82) is 0 Å². The number of unbranched alkanes of at least 4 members (excludes halogenated alkanes) is 6. The molecule has 0 aromatic rings. The van der Waals surface area contributed by atoms with Crippen molar-refractivity contribution >= 4 is 5.97 Å². The molecule has 0 saturated carbocycles. The first-order valence-corrected chi connectivity index (χ1v) is 9.72. The Kier molecular flexibility index (Phi) is 11.9. The standard InChI is InChI=1S/C20H36O3/c1-3-5-7-8-9-10-12-14-20(21)22-17-19-16-15-18(23-19)13-11-6-4-2/h6,11,18-19H,3-5,7-10,12-17H2,1-2H3/b11-6-. The Morgan fingerprint density at radius 1 is 1.00 bits per heavy atom. The summed E-state index contributed by atoms with van der Waals surface area (Å²) in [6.07, 6.45) is 18.1. The van der Waals surface area contributed by atoms with E-state index in [2.05, 4.69) is 26.0 Å². The second-order valence-corrected chi connectivity index (χ2v) is 6.63. The monoisotopic (exact) mass is 324 g/mol. The van der Waals surface area contributed by atoms with Crippen LogP contribution in [0.1, 0.15) is 90.9 Å². The first-order valence-electron chi connectivity index (χ1n) is 9.72. The number of rotatable bonds is 13. The number of carbonyl (C=O) groups is 1. The SMILES string of the molecule is CC/C=C\CC1CCC(COC(=O)CCCCCCCCC)O1. The summed E-state index contributed by atoms with van der Waals surface area (Å²) in [6.45, 7) is 4.80. The Labute approximate surface area is 142 Å². The molecule has 1 rings (SSSR count). The fraction of sp³-hybridized carbons (Fsp3) is 0.850. The summed E-state index contributed by atoms with van der Waals surface area (Å²) in [5.41, 5.74) is 0. The van der Waals surface area contributed by atoms with Crippen LogP contribution in [0.15, 0.2) is 12.2 Å². The molecule has 0 aromatic carbocycles. The van der Waals surface area contributed by atoms with E-state index in [1.54, 1.807) is 0 Å². The van der Waals surface area contributed by atoms with Gasteiger partial charge in [-0.2, -0.15) is 0 Å². The van der Waals surface area contributed by atoms with E-state index < -0.39 is 0 Å². The third-order valence-corrected chi connectivity index (χ3v) is 4.41. The minimum absolute atomic E-state index is 0.0588. The molecule has 1 heterocycles. The lowest BCUT2D eigenvalue weighted by atomic mass is 10.1. The van der Waals surface area contributed by atoms with E-state index in [-0.39, 0.29) is 12.1 Å². The van der Waals surface area contributed by atoms with Gasteiger partial charge in [0.25, 0.3) is 0 Å². The molecule has 134 valence electrons. The van der Waals surface area contributed by atoms with Gasteiger partial charge in [-0.25, -0.2) is 0 Å². The van der Waals surface area contributed by atoms with Gasteiger partial charge in [-0.3, -0.25) is 4.79 Å². The van der Waals surface area contributed by atoms with Crippen LogP contribution < -0.4 is 0 Å². The van der Waals surface area contributed by atoms with Crippen LogP contribution in [0.5, 0.6) is 0 Å². The second-order valence-electron chi connectivity index (χ2n) is 6.63. The van der Waals surface area contributed by atoms with Crippen molar-refractivity contribution in [2.75, 3.05) is 6.61 Å². The highest BCUT2D eigenvalue weighted by atomic mass is 16.6. The van der Waals surface area contributed by atoms with E-state index in [0.29, 0.717) is 19.1 Å². The minimum atomic E-state index is -0.0588. The molecule has 3 nitrogen and oxygen atoms in total. The summed E-state index contributed by atoms with van der Waals surface area (Å²) in [4.78, 5) is 11.7. The van der Waals surface area contributed by atoms with E-state index in [9.17, 15) is 4.79 Å². The van der Waals surface area contributed by atoms with Crippen molar-refractivity contribution in [3.63, 3.8) is 0 Å². The molecule has 2 atom stereocenters. The van der Waals surface area contributed by atoms with Crippen LogP contribution in [0, 0.1) is 0 Å². The Morgan fingerprint density at radius 3 is 2.43 bits per heavy atom. The van der Waals surface area contributed by atoms with Gasteiger partial charge in [0.05, 0.1) is 12.2 Å². The molecule has 2 unspecified atom stereocenters. The number of ether oxygens (including phenoxy) is 2. The molecular weight excluding hydrogens is 288 g/mol. The molecule has 0 aromatic heterocycles. The maximum Gasteiger partial charge on any atom is 0.305 e. The van der Waals surface area contributed by atoms with Crippen molar-refractivity contribution in [3.8, 4) is 0 Å². The highest BCUT2D eigenvalue weighted by molar-refractivity contribution is 5.69. The van der Waals surface area contributed by atoms with E-state index in [4.69, 9.17) is 9.47 Å². The van der Waals surface area contributed by atoms with E-state index in [1.807, 2.05) is 0 Å². The Bertz CT molecular complexity index is 325. The topological polar surface area (TPSA) is 35.5 Å². The summed E-state index contributed by atoms with van der Waals surface area (Å²) in [7, 11) is 0. The quantitative estimate of drug-likeness (QED) is 0.252. The normalized spacial score (nSPS) is 21.1. The number of hydrogen-bond acceptors (Lipinski definition) is 3. The zero-order valence-electron chi connectivity index (χ0n) is 15.2. The molecule has 0 aliphatic carbocycles. The third kappa shape index (κ3) is 10.5. The van der Waals surface area contributed by atoms with Gasteiger partial charge in [0, 0.05) is 6.42 Å². The van der Waals surface area contributed by atoms with Gasteiger partial charge in [0.15, 0.2) is 0 Å². The van der Waals surface area contributed by atoms with Crippen molar-refractivity contribution in [1.82, 2.24) is 0 Å². The Balaban J connectivity index is 1.96. The molecule has 0 bridgehead atoms. The number of allylic oxidation sites excluding steroid dienone is 1. The van der Waals surface area contributed by atoms with Crippen LogP contribution in [0.25, 0.3) is 0 Å². The van der Waals surface area contributed by atoms with Gasteiger partial charge in [-0.1, -0.05) is 64.5 Å². The number of hydrogen-bond donors (Lipinski definition) is 0. The maximum absolute atomic E-state index is 11.7. The average Bonchev–Trinajstić information content (AvgIpc) is 3.00. The average molecular weight is 325 g/mol. The van der Waals surface area contributed by atoms with Crippen LogP contribution in [0.3, 0.4) is 0 Å². The summed E-state index contributed by atoms with van der Waals surface area (Å²) in [6, 6.07) is 0. The Hall–Kier alpha value is -0.830. The summed E-state index contributed by atoms with van der Waals surface area (Å²) >= 11 is 0. The van der Waals surface area contributed by atoms with Gasteiger partial charge in [-0.05, 0) is 32.1 Å². The van der Waals surface area contributed by atoms with Gasteiger partial charge >= 0.3 is 5.97 Å². The van der Waals surface area contributed by atoms with Gasteiger partial charge in [-0.15, -0.1) is 0 Å². The molecule has 1 aliphatic rings. The van der Waals surface area contributed by atoms with Crippen LogP contribution in [-0.2, 0) is 14.3 Å². The van der Waals surface area contributed by atoms with E-state index >= 15 is 0 Å². The van der Waals surface area contributed by atoms with Crippen LogP contribution in [0.4, 0.5) is 0 Å². The van der Waals surface area contributed by atoms with Crippen molar-refractivity contribution in [2.24, 2.45) is 0 Å². The van der Waals surface area contributed by atoms with Crippen LogP contribution in [-0.4, -0.2) is 24.8 Å². The summed E-state index contributed by atoms with van der Waals surface area (Å²) < 4.78 is 11.3. The highest BCUT2D eigenvalue weighted by Crippen LogP contribution is 2.23. The van der Waals surface area contributed by atoms with Crippen molar-refractivity contribution in [3.05, 3.63) is 12.2 Å². The molecule has 0 spiro atoms. The zero-order chi connectivity index (χ0) is 16.8. The second kappa shape index (κ2) is 13.6. The van der Waals surface area contributed by atoms with Gasteiger partial charge in [0.1, 0.15) is 6.61 Å². The fourth-order valence-electron chi connectivity index (χ4n) is 2.98. The Morgan fingerprint density at radius 2 is 1.70 bits per heavy atom. The molecule has 23 heavy (non-hydrogen) atoms. The van der Waals surface area contributed by atoms with Gasteiger partial charge in [0.2, 0.25) is 0 Å². The predicted molar refractivity (Wildman–Crippen MR) is 95.5 cm³/mol. The maximum atomic E-state index is 11.7. The lowest BCUT2D eigenvalue weighted by Gasteiger charge is -2.13. The molecule has 1 saturated heterocycles. The van der Waals surface area contributed by atoms with Crippen molar-refractivity contribution < 1.29 is 14.3 Å². The first kappa shape index (κ1) is 20.2. The molecule has 1 fully saturated rings. The summed E-state index contributed by atoms with van der Waals surface area (Å²) in [5, 5.41) is 0. The summed E-state index contributed by atoms with van der Waals surface area (Å²) in [5.74, 6) is -0.0588. The van der Waals surface area contributed by atoms with Crippen molar-refractivity contribution in [2.45, 2.75) is 103 Å². The largest absolute Gasteiger partial charge is 0.463 e. The molecule has 0 radical (unpaired) electrons. The molecule has 0 amide bonds. The molecule has 0 N–H and O–H groups in total. The number of esters is 1. The lowest BCUT2D eigenvalue weighted by Crippen LogP contribution is -2.19.